The number of carbonyl (C=O) groups is 2. The molecule has 0 N–H and O–H groups in total. The summed E-state index contributed by atoms with van der Waals surface area (Å²) in [6.45, 7) is 6.01. The molecule has 1 saturated carbocycles. The topological polar surface area (TPSA) is 66.0 Å². The van der Waals surface area contributed by atoms with Gasteiger partial charge >= 0.3 is 12.2 Å². The van der Waals surface area contributed by atoms with Crippen LogP contribution >= 0.6 is 0 Å². The van der Waals surface area contributed by atoms with Crippen LogP contribution in [0, 0.1) is 5.92 Å². The number of amides is 3. The van der Waals surface area contributed by atoms with Gasteiger partial charge in [-0.15, -0.1) is 0 Å². The van der Waals surface area contributed by atoms with Crippen LogP contribution in [0.25, 0.3) is 0 Å². The Hall–Kier alpha value is -2.20. The first-order valence-electron chi connectivity index (χ1n) is 12.3. The highest BCUT2D eigenvalue weighted by Gasteiger charge is 2.58. The van der Waals surface area contributed by atoms with E-state index in [0.29, 0.717) is 44.1 Å². The van der Waals surface area contributed by atoms with Crippen molar-refractivity contribution in [2.75, 3.05) is 44.3 Å². The molecule has 34 heavy (non-hydrogen) atoms. The van der Waals surface area contributed by atoms with Crippen molar-refractivity contribution in [1.82, 2.24) is 14.8 Å². The Labute approximate surface area is 197 Å². The van der Waals surface area contributed by atoms with Crippen LogP contribution < -0.4 is 4.90 Å². The average Bonchev–Trinajstić information content (AvgIpc) is 3.64. The van der Waals surface area contributed by atoms with E-state index >= 15 is 0 Å². The minimum absolute atomic E-state index is 0.0146. The van der Waals surface area contributed by atoms with Crippen LogP contribution in [0.5, 0.6) is 0 Å². The molecule has 7 nitrogen and oxygen atoms in total. The molecule has 10 heteroatoms. The van der Waals surface area contributed by atoms with E-state index < -0.39 is 29.3 Å². The number of urea groups is 1. The molecule has 1 aliphatic carbocycles. The first kappa shape index (κ1) is 23.5. The number of imide groups is 1. The molecular formula is C24H31F3N4O3. The highest BCUT2D eigenvalue weighted by molar-refractivity contribution is 6.23. The van der Waals surface area contributed by atoms with Crippen molar-refractivity contribution in [1.29, 1.82) is 0 Å². The summed E-state index contributed by atoms with van der Waals surface area (Å²) in [5.74, 6) is 0.116. The van der Waals surface area contributed by atoms with Gasteiger partial charge in [0.15, 0.2) is 0 Å². The van der Waals surface area contributed by atoms with E-state index in [-0.39, 0.29) is 11.6 Å². The first-order chi connectivity index (χ1) is 16.2. The van der Waals surface area contributed by atoms with Gasteiger partial charge in [-0.25, -0.2) is 14.7 Å². The normalized spacial score (nSPS) is 24.5. The maximum Gasteiger partial charge on any atom is 0.433 e. The van der Waals surface area contributed by atoms with E-state index in [2.05, 4.69) is 9.88 Å². The smallest absolute Gasteiger partial charge is 0.381 e. The van der Waals surface area contributed by atoms with Crippen LogP contribution in [0.4, 0.5) is 23.7 Å². The number of carbonyl (C=O) groups excluding carboxylic acids is 2. The molecule has 4 heterocycles. The number of rotatable bonds is 5. The zero-order valence-electron chi connectivity index (χ0n) is 19.4. The highest BCUT2D eigenvalue weighted by Crippen LogP contribution is 2.44. The number of piperidine rings is 1. The van der Waals surface area contributed by atoms with Gasteiger partial charge in [0.05, 0.1) is 5.69 Å². The van der Waals surface area contributed by atoms with Gasteiger partial charge in [0, 0.05) is 51.0 Å². The monoisotopic (exact) mass is 480 g/mol. The van der Waals surface area contributed by atoms with Gasteiger partial charge in [-0.1, -0.05) is 0 Å². The number of pyridine rings is 1. The first-order valence-corrected chi connectivity index (χ1v) is 12.3. The lowest BCUT2D eigenvalue weighted by atomic mass is 9.85. The fourth-order valence-electron chi connectivity index (χ4n) is 5.66. The van der Waals surface area contributed by atoms with E-state index in [4.69, 9.17) is 4.74 Å². The second-order valence-corrected chi connectivity index (χ2v) is 9.96. The zero-order chi connectivity index (χ0) is 24.1. The van der Waals surface area contributed by atoms with Crippen molar-refractivity contribution in [3.63, 3.8) is 0 Å². The summed E-state index contributed by atoms with van der Waals surface area (Å²) >= 11 is 0. The fraction of sp³-hybridized carbons (Fsp3) is 0.708. The number of aromatic nitrogens is 1. The molecule has 186 valence electrons. The van der Waals surface area contributed by atoms with Gasteiger partial charge < -0.3 is 14.5 Å². The minimum Gasteiger partial charge on any atom is -0.381 e. The van der Waals surface area contributed by atoms with Crippen LogP contribution in [0.1, 0.15) is 62.8 Å². The lowest BCUT2D eigenvalue weighted by Crippen LogP contribution is -2.57. The zero-order valence-corrected chi connectivity index (χ0v) is 19.4. The lowest BCUT2D eigenvalue weighted by molar-refractivity contribution is -0.141. The molecule has 3 aliphatic heterocycles. The van der Waals surface area contributed by atoms with Gasteiger partial charge in [-0.3, -0.25) is 4.79 Å². The van der Waals surface area contributed by atoms with Crippen LogP contribution in [0.2, 0.25) is 0 Å². The minimum atomic E-state index is -4.65. The van der Waals surface area contributed by atoms with Gasteiger partial charge in [-0.2, -0.15) is 13.2 Å². The fourth-order valence-corrected chi connectivity index (χ4v) is 5.66. The molecule has 3 amide bonds. The third-order valence-corrected chi connectivity index (χ3v) is 7.77. The van der Waals surface area contributed by atoms with E-state index in [1.807, 2.05) is 6.92 Å². The summed E-state index contributed by atoms with van der Waals surface area (Å²) in [6.07, 6.45) is -0.0896. The quantitative estimate of drug-likeness (QED) is 0.596. The summed E-state index contributed by atoms with van der Waals surface area (Å²) in [7, 11) is 0. The number of likely N-dealkylation sites (N-methyl/N-ethyl adjacent to an activating group) is 1. The van der Waals surface area contributed by atoms with Crippen molar-refractivity contribution >= 4 is 17.6 Å². The third kappa shape index (κ3) is 4.19. The van der Waals surface area contributed by atoms with Crippen molar-refractivity contribution in [3.05, 3.63) is 23.5 Å². The number of anilines is 1. The van der Waals surface area contributed by atoms with Crippen LogP contribution in [-0.2, 0) is 15.7 Å². The molecular weight excluding hydrogens is 449 g/mol. The Balaban J connectivity index is 1.39. The Morgan fingerprint density at radius 2 is 1.76 bits per heavy atom. The van der Waals surface area contributed by atoms with Crippen molar-refractivity contribution in [3.8, 4) is 0 Å². The Morgan fingerprint density at radius 3 is 2.35 bits per heavy atom. The molecule has 0 unspecified atom stereocenters. The number of halogens is 3. The maximum atomic E-state index is 13.7. The van der Waals surface area contributed by atoms with Gasteiger partial charge in [0.2, 0.25) is 0 Å². The summed E-state index contributed by atoms with van der Waals surface area (Å²) < 4.78 is 46.1. The molecule has 1 aromatic rings. The number of hydrogen-bond donors (Lipinski definition) is 0. The second kappa shape index (κ2) is 8.78. The molecule has 0 atom stereocenters. The molecule has 1 aromatic heterocycles. The third-order valence-electron chi connectivity index (χ3n) is 7.77. The van der Waals surface area contributed by atoms with Gasteiger partial charge in [0.1, 0.15) is 11.2 Å². The molecule has 0 radical (unpaired) electrons. The summed E-state index contributed by atoms with van der Waals surface area (Å²) in [4.78, 5) is 35.8. The highest BCUT2D eigenvalue weighted by atomic mass is 19.4. The van der Waals surface area contributed by atoms with Crippen LogP contribution in [-0.4, -0.2) is 71.7 Å². The lowest BCUT2D eigenvalue weighted by Gasteiger charge is -2.43. The van der Waals surface area contributed by atoms with Crippen molar-refractivity contribution in [2.24, 2.45) is 5.92 Å². The molecule has 4 fully saturated rings. The standard InChI is InChI=1S/C24H31F3N4O3/c1-2-30-22(33)31(18-13-19(17-3-4-17)28-20(14-18)24(25,26)27)21(32)23(30)7-9-29(10-8-23)15-16-5-11-34-12-6-16/h13-14,16-17H,2-12,15H2,1H3. The van der Waals surface area contributed by atoms with E-state index in [1.165, 1.54) is 6.07 Å². The van der Waals surface area contributed by atoms with Gasteiger partial charge in [0.25, 0.3) is 5.91 Å². The molecule has 4 aliphatic rings. The predicted molar refractivity (Wildman–Crippen MR) is 118 cm³/mol. The van der Waals surface area contributed by atoms with E-state index in [1.54, 1.807) is 4.90 Å². The van der Waals surface area contributed by atoms with E-state index in [0.717, 1.165) is 56.4 Å². The Morgan fingerprint density at radius 1 is 1.09 bits per heavy atom. The molecule has 0 aromatic carbocycles. The SMILES string of the molecule is CCN1C(=O)N(c2cc(C3CC3)nc(C(F)(F)F)c2)C(=O)C12CCN(CC1CCOCC1)CC2. The Kier molecular flexibility index (Phi) is 6.08. The van der Waals surface area contributed by atoms with Crippen molar-refractivity contribution < 1.29 is 27.5 Å². The number of alkyl halides is 3. The molecule has 3 saturated heterocycles. The number of likely N-dealkylation sites (tertiary alicyclic amines) is 1. The Bertz CT molecular complexity index is 951. The largest absolute Gasteiger partial charge is 0.433 e. The maximum absolute atomic E-state index is 13.7. The average molecular weight is 481 g/mol. The molecule has 1 spiro atoms. The second-order valence-electron chi connectivity index (χ2n) is 9.96. The summed E-state index contributed by atoms with van der Waals surface area (Å²) in [6, 6.07) is 1.80. The molecule has 5 rings (SSSR count). The van der Waals surface area contributed by atoms with Crippen LogP contribution in [0.3, 0.4) is 0 Å². The van der Waals surface area contributed by atoms with Gasteiger partial charge in [-0.05, 0) is 63.5 Å². The predicted octanol–water partition coefficient (Wildman–Crippen LogP) is 4.03. The van der Waals surface area contributed by atoms with Crippen LogP contribution in [0.15, 0.2) is 12.1 Å². The number of nitrogens with zero attached hydrogens (tertiary/aromatic N) is 4. The van der Waals surface area contributed by atoms with Crippen molar-refractivity contribution in [2.45, 2.75) is 63.1 Å². The number of hydrogen-bond acceptors (Lipinski definition) is 5. The summed E-state index contributed by atoms with van der Waals surface area (Å²) in [5.41, 5.74) is -1.76. The van der Waals surface area contributed by atoms with E-state index in [9.17, 15) is 22.8 Å². The molecule has 0 bridgehead atoms. The summed E-state index contributed by atoms with van der Waals surface area (Å²) in [5, 5.41) is 0. The number of ether oxygens (including phenoxy) is 1.